The molecule has 0 aliphatic heterocycles. The Labute approximate surface area is 139 Å². The van der Waals surface area contributed by atoms with Gasteiger partial charge in [0.05, 0.1) is 25.0 Å². The first kappa shape index (κ1) is 19.2. The van der Waals surface area contributed by atoms with Crippen LogP contribution >= 0.6 is 11.8 Å². The maximum absolute atomic E-state index is 12.3. The van der Waals surface area contributed by atoms with Crippen molar-refractivity contribution in [3.8, 4) is 0 Å². The Morgan fingerprint density at radius 1 is 1.30 bits per heavy atom. The minimum Gasteiger partial charge on any atom is -0.469 e. The zero-order valence-electron chi connectivity index (χ0n) is 14.1. The number of aromatic nitrogens is 2. The van der Waals surface area contributed by atoms with E-state index in [2.05, 4.69) is 14.7 Å². The Balaban J connectivity index is 2.79. The number of rotatable bonds is 7. The number of carbonyl (C=O) groups is 2. The predicted molar refractivity (Wildman–Crippen MR) is 88.4 cm³/mol. The average molecular weight is 341 g/mol. The van der Waals surface area contributed by atoms with Crippen molar-refractivity contribution in [2.24, 2.45) is 0 Å². The molecule has 23 heavy (non-hydrogen) atoms. The van der Waals surface area contributed by atoms with E-state index in [1.165, 1.54) is 13.2 Å². The predicted octanol–water partition coefficient (Wildman–Crippen LogP) is 1.22. The number of esters is 1. The molecule has 0 aliphatic rings. The molecule has 1 aromatic rings. The van der Waals surface area contributed by atoms with Crippen molar-refractivity contribution >= 4 is 23.6 Å². The van der Waals surface area contributed by atoms with Crippen LogP contribution in [0.1, 0.15) is 33.4 Å². The minimum absolute atomic E-state index is 0.0268. The SMILES string of the molecule is COC(=O)Cc1cc(=O)[nH]c(SCC(=O)N(C(C)C)C(C)C)n1. The Bertz CT molecular complexity index is 605. The third kappa shape index (κ3) is 6.05. The van der Waals surface area contributed by atoms with E-state index in [1.54, 1.807) is 4.90 Å². The molecule has 0 aromatic carbocycles. The molecule has 0 spiro atoms. The third-order valence-electron chi connectivity index (χ3n) is 3.06. The van der Waals surface area contributed by atoms with Crippen LogP contribution in [0.3, 0.4) is 0 Å². The Morgan fingerprint density at radius 3 is 2.43 bits per heavy atom. The van der Waals surface area contributed by atoms with Crippen LogP contribution in [0.15, 0.2) is 16.0 Å². The number of hydrogen-bond donors (Lipinski definition) is 1. The maximum Gasteiger partial charge on any atom is 0.311 e. The molecule has 128 valence electrons. The number of aromatic amines is 1. The fraction of sp³-hybridized carbons (Fsp3) is 0.600. The second-order valence-corrected chi connectivity index (χ2v) is 6.54. The van der Waals surface area contributed by atoms with E-state index in [4.69, 9.17) is 0 Å². The summed E-state index contributed by atoms with van der Waals surface area (Å²) >= 11 is 1.14. The van der Waals surface area contributed by atoms with Crippen LogP contribution in [0, 0.1) is 0 Å². The second kappa shape index (κ2) is 8.71. The van der Waals surface area contributed by atoms with E-state index in [-0.39, 0.29) is 35.7 Å². The average Bonchev–Trinajstić information content (AvgIpc) is 2.43. The van der Waals surface area contributed by atoms with Gasteiger partial charge in [0.2, 0.25) is 5.91 Å². The summed E-state index contributed by atoms with van der Waals surface area (Å²) in [7, 11) is 1.27. The fourth-order valence-electron chi connectivity index (χ4n) is 2.24. The highest BCUT2D eigenvalue weighted by atomic mass is 32.2. The van der Waals surface area contributed by atoms with Gasteiger partial charge >= 0.3 is 5.97 Å². The van der Waals surface area contributed by atoms with Gasteiger partial charge in [0.15, 0.2) is 5.16 Å². The molecule has 1 amide bonds. The lowest BCUT2D eigenvalue weighted by atomic mass is 10.2. The number of ether oxygens (including phenoxy) is 1. The maximum atomic E-state index is 12.3. The van der Waals surface area contributed by atoms with E-state index >= 15 is 0 Å². The fourth-order valence-corrected chi connectivity index (χ4v) is 3.00. The van der Waals surface area contributed by atoms with E-state index in [1.807, 2.05) is 27.7 Å². The highest BCUT2D eigenvalue weighted by molar-refractivity contribution is 7.99. The Hall–Kier alpha value is -1.83. The van der Waals surface area contributed by atoms with Gasteiger partial charge in [-0.25, -0.2) is 4.98 Å². The van der Waals surface area contributed by atoms with Crippen LogP contribution < -0.4 is 5.56 Å². The number of carbonyl (C=O) groups excluding carboxylic acids is 2. The summed E-state index contributed by atoms with van der Waals surface area (Å²) in [6.45, 7) is 7.83. The quantitative estimate of drug-likeness (QED) is 0.455. The van der Waals surface area contributed by atoms with Crippen LogP contribution in [0.4, 0.5) is 0 Å². The van der Waals surface area contributed by atoms with Crippen LogP contribution in [0.2, 0.25) is 0 Å². The number of hydrogen-bond acceptors (Lipinski definition) is 6. The van der Waals surface area contributed by atoms with Crippen molar-refractivity contribution in [1.82, 2.24) is 14.9 Å². The first-order valence-electron chi connectivity index (χ1n) is 7.35. The molecule has 0 fully saturated rings. The highest BCUT2D eigenvalue weighted by Gasteiger charge is 2.20. The number of thioether (sulfide) groups is 1. The van der Waals surface area contributed by atoms with Crippen molar-refractivity contribution in [3.05, 3.63) is 22.1 Å². The molecule has 0 radical (unpaired) electrons. The summed E-state index contributed by atoms with van der Waals surface area (Å²) in [5.41, 5.74) is -0.0430. The van der Waals surface area contributed by atoms with Crippen molar-refractivity contribution in [1.29, 1.82) is 0 Å². The first-order valence-corrected chi connectivity index (χ1v) is 8.34. The summed E-state index contributed by atoms with van der Waals surface area (Å²) in [6.07, 6.45) is -0.0773. The lowest BCUT2D eigenvalue weighted by molar-refractivity contribution is -0.139. The monoisotopic (exact) mass is 341 g/mol. The molecule has 0 bridgehead atoms. The van der Waals surface area contributed by atoms with E-state index in [0.29, 0.717) is 10.9 Å². The highest BCUT2D eigenvalue weighted by Crippen LogP contribution is 2.15. The lowest BCUT2D eigenvalue weighted by Crippen LogP contribution is -2.43. The smallest absolute Gasteiger partial charge is 0.311 e. The van der Waals surface area contributed by atoms with Crippen LogP contribution in [-0.4, -0.2) is 51.7 Å². The molecular formula is C15H23N3O4S. The van der Waals surface area contributed by atoms with Gasteiger partial charge in [-0.3, -0.25) is 14.4 Å². The molecule has 1 N–H and O–H groups in total. The number of methoxy groups -OCH3 is 1. The molecule has 8 heteroatoms. The normalized spacial score (nSPS) is 10.9. The molecule has 1 rings (SSSR count). The van der Waals surface area contributed by atoms with Crippen molar-refractivity contribution in [2.45, 2.75) is 51.4 Å². The summed E-state index contributed by atoms with van der Waals surface area (Å²) in [4.78, 5) is 43.7. The standard InChI is InChI=1S/C15H23N3O4S/c1-9(2)18(10(3)4)13(20)8-23-15-16-11(6-12(19)17-15)7-14(21)22-5/h6,9-10H,7-8H2,1-5H3,(H,16,17,19). The van der Waals surface area contributed by atoms with Crippen LogP contribution in [-0.2, 0) is 20.7 Å². The number of nitrogens with one attached hydrogen (secondary N) is 1. The van der Waals surface area contributed by atoms with Gasteiger partial charge in [-0.1, -0.05) is 11.8 Å². The van der Waals surface area contributed by atoms with Gasteiger partial charge in [0.25, 0.3) is 5.56 Å². The summed E-state index contributed by atoms with van der Waals surface area (Å²) in [5.74, 6) is -0.331. The molecule has 0 saturated carbocycles. The zero-order valence-corrected chi connectivity index (χ0v) is 14.9. The second-order valence-electron chi connectivity index (χ2n) is 5.57. The lowest BCUT2D eigenvalue weighted by Gasteiger charge is -2.30. The van der Waals surface area contributed by atoms with Gasteiger partial charge in [-0.15, -0.1) is 0 Å². The number of amides is 1. The zero-order chi connectivity index (χ0) is 17.6. The molecule has 1 aromatic heterocycles. The molecule has 1 heterocycles. The summed E-state index contributed by atoms with van der Waals surface area (Å²) < 4.78 is 4.56. The third-order valence-corrected chi connectivity index (χ3v) is 3.92. The molecule has 0 saturated heterocycles. The topological polar surface area (TPSA) is 92.4 Å². The largest absolute Gasteiger partial charge is 0.469 e. The molecule has 0 unspecified atom stereocenters. The van der Waals surface area contributed by atoms with Crippen molar-refractivity contribution < 1.29 is 14.3 Å². The molecule has 0 aliphatic carbocycles. The van der Waals surface area contributed by atoms with Crippen molar-refractivity contribution in [3.63, 3.8) is 0 Å². The number of nitrogens with zero attached hydrogens (tertiary/aromatic N) is 2. The van der Waals surface area contributed by atoms with Gasteiger partial charge < -0.3 is 14.6 Å². The van der Waals surface area contributed by atoms with Crippen LogP contribution in [0.25, 0.3) is 0 Å². The van der Waals surface area contributed by atoms with E-state index in [0.717, 1.165) is 11.8 Å². The van der Waals surface area contributed by atoms with Crippen molar-refractivity contribution in [2.75, 3.05) is 12.9 Å². The Kier molecular flexibility index (Phi) is 7.28. The number of H-pyrrole nitrogens is 1. The first-order chi connectivity index (χ1) is 10.7. The Morgan fingerprint density at radius 2 is 1.91 bits per heavy atom. The van der Waals surface area contributed by atoms with Gasteiger partial charge in [0, 0.05) is 18.2 Å². The van der Waals surface area contributed by atoms with Gasteiger partial charge in [-0.05, 0) is 27.7 Å². The molecular weight excluding hydrogens is 318 g/mol. The van der Waals surface area contributed by atoms with E-state index < -0.39 is 5.97 Å². The molecule has 0 atom stereocenters. The van der Waals surface area contributed by atoms with Gasteiger partial charge in [-0.2, -0.15) is 0 Å². The molecule has 7 nitrogen and oxygen atoms in total. The minimum atomic E-state index is -0.471. The summed E-state index contributed by atoms with van der Waals surface area (Å²) in [6, 6.07) is 1.44. The summed E-state index contributed by atoms with van der Waals surface area (Å²) in [5, 5.41) is 0.317. The van der Waals surface area contributed by atoms with E-state index in [9.17, 15) is 14.4 Å². The van der Waals surface area contributed by atoms with Crippen LogP contribution in [0.5, 0.6) is 0 Å². The van der Waals surface area contributed by atoms with Gasteiger partial charge in [0.1, 0.15) is 0 Å².